The Morgan fingerprint density at radius 3 is 2.45 bits per heavy atom. The summed E-state index contributed by atoms with van der Waals surface area (Å²) in [5.41, 5.74) is 3.53. The highest BCUT2D eigenvalue weighted by Crippen LogP contribution is 2.29. The molecule has 2 rings (SSSR count). The number of halogens is 2. The van der Waals surface area contributed by atoms with E-state index in [0.717, 1.165) is 24.1 Å². The molecule has 106 valence electrons. The first-order valence-electron chi connectivity index (χ1n) is 6.90. The summed E-state index contributed by atoms with van der Waals surface area (Å²) in [7, 11) is 0. The molecule has 1 N–H and O–H groups in total. The van der Waals surface area contributed by atoms with Gasteiger partial charge in [0.2, 0.25) is 0 Å². The highest BCUT2D eigenvalue weighted by molar-refractivity contribution is 6.42. The molecule has 0 radical (unpaired) electrons. The third kappa shape index (κ3) is 3.76. The van der Waals surface area contributed by atoms with Crippen molar-refractivity contribution in [3.8, 4) is 11.1 Å². The van der Waals surface area contributed by atoms with Crippen LogP contribution < -0.4 is 5.32 Å². The Labute approximate surface area is 130 Å². The number of rotatable bonds is 5. The van der Waals surface area contributed by atoms with Crippen LogP contribution in [-0.4, -0.2) is 6.54 Å². The first-order valence-corrected chi connectivity index (χ1v) is 7.66. The molecule has 20 heavy (non-hydrogen) atoms. The van der Waals surface area contributed by atoms with Crippen molar-refractivity contribution in [2.45, 2.75) is 26.3 Å². The lowest BCUT2D eigenvalue weighted by Gasteiger charge is -2.15. The van der Waals surface area contributed by atoms with Crippen molar-refractivity contribution < 1.29 is 0 Å². The normalized spacial score (nSPS) is 12.4. The average molecular weight is 308 g/mol. The number of nitrogens with one attached hydrogen (secondary N) is 1. The lowest BCUT2D eigenvalue weighted by Crippen LogP contribution is -2.19. The van der Waals surface area contributed by atoms with Gasteiger partial charge in [-0.15, -0.1) is 0 Å². The molecule has 0 amide bonds. The molecule has 0 saturated carbocycles. The summed E-state index contributed by atoms with van der Waals surface area (Å²) >= 11 is 12.1. The SMILES string of the molecule is CCCNC(C)c1cccc(-c2ccc(Cl)c(Cl)c2)c1. The van der Waals surface area contributed by atoms with Crippen molar-refractivity contribution in [3.05, 3.63) is 58.1 Å². The van der Waals surface area contributed by atoms with Gasteiger partial charge >= 0.3 is 0 Å². The highest BCUT2D eigenvalue weighted by Gasteiger charge is 2.07. The van der Waals surface area contributed by atoms with Crippen LogP contribution in [0.1, 0.15) is 31.9 Å². The largest absolute Gasteiger partial charge is 0.310 e. The second-order valence-corrected chi connectivity index (χ2v) is 5.74. The van der Waals surface area contributed by atoms with Gasteiger partial charge in [0, 0.05) is 6.04 Å². The maximum absolute atomic E-state index is 6.09. The van der Waals surface area contributed by atoms with Gasteiger partial charge in [-0.3, -0.25) is 0 Å². The van der Waals surface area contributed by atoms with Gasteiger partial charge in [-0.25, -0.2) is 0 Å². The second kappa shape index (κ2) is 7.12. The van der Waals surface area contributed by atoms with Crippen molar-refractivity contribution in [3.63, 3.8) is 0 Å². The van der Waals surface area contributed by atoms with Gasteiger partial charge in [0.25, 0.3) is 0 Å². The quantitative estimate of drug-likeness (QED) is 0.744. The van der Waals surface area contributed by atoms with E-state index < -0.39 is 0 Å². The van der Waals surface area contributed by atoms with Crippen molar-refractivity contribution >= 4 is 23.2 Å². The first-order chi connectivity index (χ1) is 9.61. The summed E-state index contributed by atoms with van der Waals surface area (Å²) in [6.07, 6.45) is 1.14. The van der Waals surface area contributed by atoms with Gasteiger partial charge < -0.3 is 5.32 Å². The zero-order valence-electron chi connectivity index (χ0n) is 11.8. The maximum Gasteiger partial charge on any atom is 0.0598 e. The molecular formula is C17H19Cl2N. The van der Waals surface area contributed by atoms with E-state index in [1.54, 1.807) is 0 Å². The van der Waals surface area contributed by atoms with E-state index in [2.05, 4.69) is 43.4 Å². The fourth-order valence-electron chi connectivity index (χ4n) is 2.14. The molecule has 0 aromatic heterocycles. The predicted molar refractivity (Wildman–Crippen MR) is 88.6 cm³/mol. The fourth-order valence-corrected chi connectivity index (χ4v) is 2.44. The molecule has 3 heteroatoms. The Kier molecular flexibility index (Phi) is 5.47. The summed E-state index contributed by atoms with van der Waals surface area (Å²) in [4.78, 5) is 0. The number of hydrogen-bond donors (Lipinski definition) is 1. The molecule has 0 aliphatic carbocycles. The molecule has 1 unspecified atom stereocenters. The van der Waals surface area contributed by atoms with Gasteiger partial charge in [-0.2, -0.15) is 0 Å². The molecule has 0 saturated heterocycles. The van der Waals surface area contributed by atoms with E-state index in [-0.39, 0.29) is 0 Å². The van der Waals surface area contributed by atoms with Crippen LogP contribution in [0.25, 0.3) is 11.1 Å². The monoisotopic (exact) mass is 307 g/mol. The molecule has 2 aromatic carbocycles. The van der Waals surface area contributed by atoms with Crippen LogP contribution in [0, 0.1) is 0 Å². The van der Waals surface area contributed by atoms with Crippen LogP contribution in [0.3, 0.4) is 0 Å². The molecule has 1 atom stereocenters. The Morgan fingerprint density at radius 2 is 1.75 bits per heavy atom. The van der Waals surface area contributed by atoms with Gasteiger partial charge in [-0.05, 0) is 54.8 Å². The van der Waals surface area contributed by atoms with E-state index >= 15 is 0 Å². The molecule has 0 bridgehead atoms. The smallest absolute Gasteiger partial charge is 0.0598 e. The van der Waals surface area contributed by atoms with Crippen molar-refractivity contribution in [2.24, 2.45) is 0 Å². The molecular weight excluding hydrogens is 289 g/mol. The summed E-state index contributed by atoms with van der Waals surface area (Å²) in [5.74, 6) is 0. The maximum atomic E-state index is 6.09. The predicted octanol–water partition coefficient (Wildman–Crippen LogP) is 5.72. The van der Waals surface area contributed by atoms with Gasteiger partial charge in [0.05, 0.1) is 10.0 Å². The molecule has 2 aromatic rings. The van der Waals surface area contributed by atoms with Gasteiger partial charge in [0.1, 0.15) is 0 Å². The minimum Gasteiger partial charge on any atom is -0.310 e. The van der Waals surface area contributed by atoms with Gasteiger partial charge in [0.15, 0.2) is 0 Å². The van der Waals surface area contributed by atoms with Crippen LogP contribution in [0.15, 0.2) is 42.5 Å². The lowest BCUT2D eigenvalue weighted by atomic mass is 10.00. The van der Waals surface area contributed by atoms with Crippen LogP contribution in [0.2, 0.25) is 10.0 Å². The van der Waals surface area contributed by atoms with Crippen LogP contribution in [0.4, 0.5) is 0 Å². The molecule has 0 heterocycles. The van der Waals surface area contributed by atoms with E-state index in [9.17, 15) is 0 Å². The Balaban J connectivity index is 2.26. The van der Waals surface area contributed by atoms with Crippen molar-refractivity contribution in [2.75, 3.05) is 6.54 Å². The Morgan fingerprint density at radius 1 is 1.00 bits per heavy atom. The van der Waals surface area contributed by atoms with Crippen LogP contribution >= 0.6 is 23.2 Å². The zero-order chi connectivity index (χ0) is 14.5. The summed E-state index contributed by atoms with van der Waals surface area (Å²) < 4.78 is 0. The van der Waals surface area contributed by atoms with Gasteiger partial charge in [-0.1, -0.05) is 54.4 Å². The minimum atomic E-state index is 0.345. The second-order valence-electron chi connectivity index (χ2n) is 4.93. The third-order valence-electron chi connectivity index (χ3n) is 3.34. The first kappa shape index (κ1) is 15.4. The van der Waals surface area contributed by atoms with Crippen molar-refractivity contribution in [1.29, 1.82) is 0 Å². The summed E-state index contributed by atoms with van der Waals surface area (Å²) in [6.45, 7) is 5.38. The minimum absolute atomic E-state index is 0.345. The van der Waals surface area contributed by atoms with E-state index in [1.165, 1.54) is 5.56 Å². The molecule has 1 nitrogen and oxygen atoms in total. The Bertz CT molecular complexity index is 581. The van der Waals surface area contributed by atoms with Crippen molar-refractivity contribution in [1.82, 2.24) is 5.32 Å². The molecule has 0 aliphatic rings. The van der Waals surface area contributed by atoms with E-state index in [4.69, 9.17) is 23.2 Å². The average Bonchev–Trinajstić information content (AvgIpc) is 2.47. The number of hydrogen-bond acceptors (Lipinski definition) is 1. The molecule has 0 spiro atoms. The zero-order valence-corrected chi connectivity index (χ0v) is 13.3. The standard InChI is InChI=1S/C17H19Cl2N/c1-3-9-20-12(2)13-5-4-6-14(10-13)15-7-8-16(18)17(19)11-15/h4-8,10-12,20H,3,9H2,1-2H3. The van der Waals surface area contributed by atoms with Crippen LogP contribution in [-0.2, 0) is 0 Å². The fraction of sp³-hybridized carbons (Fsp3) is 0.294. The molecule has 0 aliphatic heterocycles. The highest BCUT2D eigenvalue weighted by atomic mass is 35.5. The Hall–Kier alpha value is -1.02. The van der Waals surface area contributed by atoms with E-state index in [1.807, 2.05) is 18.2 Å². The summed E-state index contributed by atoms with van der Waals surface area (Å²) in [5, 5.41) is 4.68. The lowest BCUT2D eigenvalue weighted by molar-refractivity contribution is 0.571. The third-order valence-corrected chi connectivity index (χ3v) is 4.08. The molecule has 0 fully saturated rings. The van der Waals surface area contributed by atoms with Crippen LogP contribution in [0.5, 0.6) is 0 Å². The summed E-state index contributed by atoms with van der Waals surface area (Å²) in [6, 6.07) is 14.6. The topological polar surface area (TPSA) is 12.0 Å². The van der Waals surface area contributed by atoms with E-state index in [0.29, 0.717) is 16.1 Å². The number of benzene rings is 2.